The molecule has 0 saturated carbocycles. The molecule has 2 heteroatoms. The van der Waals surface area contributed by atoms with Gasteiger partial charge in [-0.05, 0) is 37.4 Å². The SMILES string of the molecule is CN(CCc1ccccc1)CC1(C)CCNC1. The third kappa shape index (κ3) is 3.83. The van der Waals surface area contributed by atoms with Crippen molar-refractivity contribution in [2.75, 3.05) is 33.2 Å². The van der Waals surface area contributed by atoms with Crippen LogP contribution in [0.2, 0.25) is 0 Å². The number of benzene rings is 1. The van der Waals surface area contributed by atoms with Gasteiger partial charge in [-0.1, -0.05) is 37.3 Å². The highest BCUT2D eigenvalue weighted by molar-refractivity contribution is 5.14. The van der Waals surface area contributed by atoms with Crippen molar-refractivity contribution in [2.24, 2.45) is 5.41 Å². The molecule has 1 aromatic rings. The maximum absolute atomic E-state index is 3.47. The molecular weight excluding hydrogens is 208 g/mol. The normalized spacial score (nSPS) is 24.4. The molecule has 1 aliphatic heterocycles. The predicted octanol–water partition coefficient (Wildman–Crippen LogP) is 2.16. The van der Waals surface area contributed by atoms with Crippen molar-refractivity contribution in [3.8, 4) is 0 Å². The fourth-order valence-electron chi connectivity index (χ4n) is 2.70. The topological polar surface area (TPSA) is 15.3 Å². The molecule has 1 saturated heterocycles. The van der Waals surface area contributed by atoms with E-state index in [2.05, 4.69) is 54.5 Å². The van der Waals surface area contributed by atoms with Crippen molar-refractivity contribution in [2.45, 2.75) is 19.8 Å². The Balaban J connectivity index is 1.76. The Kier molecular flexibility index (Phi) is 4.19. The van der Waals surface area contributed by atoms with Gasteiger partial charge in [-0.3, -0.25) is 0 Å². The first kappa shape index (κ1) is 12.6. The van der Waals surface area contributed by atoms with Crippen LogP contribution in [-0.2, 0) is 6.42 Å². The van der Waals surface area contributed by atoms with E-state index in [1.165, 1.54) is 31.6 Å². The zero-order chi connectivity index (χ0) is 12.1. The third-order valence-electron chi connectivity index (χ3n) is 3.73. The monoisotopic (exact) mass is 232 g/mol. The number of nitrogens with one attached hydrogen (secondary N) is 1. The van der Waals surface area contributed by atoms with Crippen molar-refractivity contribution in [3.05, 3.63) is 35.9 Å². The van der Waals surface area contributed by atoms with Crippen molar-refractivity contribution in [3.63, 3.8) is 0 Å². The average molecular weight is 232 g/mol. The molecule has 2 rings (SSSR count). The van der Waals surface area contributed by atoms with E-state index in [-0.39, 0.29) is 0 Å². The summed E-state index contributed by atoms with van der Waals surface area (Å²) in [6.07, 6.45) is 2.46. The first-order chi connectivity index (χ1) is 8.18. The molecular formula is C15H24N2. The van der Waals surface area contributed by atoms with E-state index in [1.54, 1.807) is 0 Å². The van der Waals surface area contributed by atoms with Crippen LogP contribution in [0, 0.1) is 5.41 Å². The highest BCUT2D eigenvalue weighted by atomic mass is 15.1. The predicted molar refractivity (Wildman–Crippen MR) is 73.2 cm³/mol. The summed E-state index contributed by atoms with van der Waals surface area (Å²) in [5.74, 6) is 0. The van der Waals surface area contributed by atoms with E-state index < -0.39 is 0 Å². The van der Waals surface area contributed by atoms with Crippen LogP contribution in [0.4, 0.5) is 0 Å². The number of rotatable bonds is 5. The fourth-order valence-corrected chi connectivity index (χ4v) is 2.70. The molecule has 0 spiro atoms. The third-order valence-corrected chi connectivity index (χ3v) is 3.73. The molecule has 1 aromatic carbocycles. The minimum Gasteiger partial charge on any atom is -0.316 e. The number of nitrogens with zero attached hydrogens (tertiary/aromatic N) is 1. The van der Waals surface area contributed by atoms with E-state index in [1.807, 2.05) is 0 Å². The second-order valence-electron chi connectivity index (χ2n) is 5.71. The van der Waals surface area contributed by atoms with Crippen LogP contribution in [0.5, 0.6) is 0 Å². The van der Waals surface area contributed by atoms with Crippen LogP contribution in [0.25, 0.3) is 0 Å². The lowest BCUT2D eigenvalue weighted by Crippen LogP contribution is -2.36. The van der Waals surface area contributed by atoms with Crippen molar-refractivity contribution in [1.82, 2.24) is 10.2 Å². The second-order valence-corrected chi connectivity index (χ2v) is 5.71. The molecule has 1 aliphatic rings. The molecule has 17 heavy (non-hydrogen) atoms. The van der Waals surface area contributed by atoms with Gasteiger partial charge in [-0.15, -0.1) is 0 Å². The Morgan fingerprint density at radius 2 is 2.06 bits per heavy atom. The maximum Gasteiger partial charge on any atom is 0.00450 e. The lowest BCUT2D eigenvalue weighted by Gasteiger charge is -2.29. The minimum atomic E-state index is 0.478. The van der Waals surface area contributed by atoms with E-state index in [0.717, 1.165) is 13.0 Å². The zero-order valence-electron chi connectivity index (χ0n) is 11.1. The van der Waals surface area contributed by atoms with Gasteiger partial charge in [0.15, 0.2) is 0 Å². The summed E-state index contributed by atoms with van der Waals surface area (Å²) in [5, 5.41) is 3.47. The van der Waals surface area contributed by atoms with Gasteiger partial charge in [-0.2, -0.15) is 0 Å². The van der Waals surface area contributed by atoms with Crippen molar-refractivity contribution in [1.29, 1.82) is 0 Å². The maximum atomic E-state index is 3.47. The number of hydrogen-bond donors (Lipinski definition) is 1. The summed E-state index contributed by atoms with van der Waals surface area (Å²) in [7, 11) is 2.24. The van der Waals surface area contributed by atoms with Gasteiger partial charge in [0.05, 0.1) is 0 Å². The van der Waals surface area contributed by atoms with Crippen LogP contribution in [-0.4, -0.2) is 38.1 Å². The van der Waals surface area contributed by atoms with Crippen LogP contribution in [0.15, 0.2) is 30.3 Å². The van der Waals surface area contributed by atoms with Gasteiger partial charge in [0.1, 0.15) is 0 Å². The van der Waals surface area contributed by atoms with Gasteiger partial charge >= 0.3 is 0 Å². The standard InChI is InChI=1S/C15H24N2/c1-15(9-10-16-12-15)13-17(2)11-8-14-6-4-3-5-7-14/h3-7,16H,8-13H2,1-2H3. The molecule has 0 bridgehead atoms. The molecule has 0 aromatic heterocycles. The van der Waals surface area contributed by atoms with Gasteiger partial charge in [0.2, 0.25) is 0 Å². The molecule has 1 heterocycles. The van der Waals surface area contributed by atoms with Gasteiger partial charge in [0.25, 0.3) is 0 Å². The largest absolute Gasteiger partial charge is 0.316 e. The van der Waals surface area contributed by atoms with Gasteiger partial charge < -0.3 is 10.2 Å². The summed E-state index contributed by atoms with van der Waals surface area (Å²) >= 11 is 0. The quantitative estimate of drug-likeness (QED) is 0.837. The Hall–Kier alpha value is -0.860. The summed E-state index contributed by atoms with van der Waals surface area (Å²) < 4.78 is 0. The molecule has 94 valence electrons. The van der Waals surface area contributed by atoms with E-state index in [9.17, 15) is 0 Å². The summed E-state index contributed by atoms with van der Waals surface area (Å²) in [5.41, 5.74) is 1.92. The van der Waals surface area contributed by atoms with Crippen molar-refractivity contribution >= 4 is 0 Å². The molecule has 2 nitrogen and oxygen atoms in total. The smallest absolute Gasteiger partial charge is 0.00450 e. The summed E-state index contributed by atoms with van der Waals surface area (Å²) in [6.45, 7) is 7.10. The molecule has 1 atom stereocenters. The first-order valence-electron chi connectivity index (χ1n) is 6.61. The lowest BCUT2D eigenvalue weighted by atomic mass is 9.89. The number of hydrogen-bond acceptors (Lipinski definition) is 2. The molecule has 0 radical (unpaired) electrons. The van der Waals surface area contributed by atoms with Gasteiger partial charge in [-0.25, -0.2) is 0 Å². The molecule has 0 amide bonds. The molecule has 1 unspecified atom stereocenters. The number of likely N-dealkylation sites (N-methyl/N-ethyl adjacent to an activating group) is 1. The summed E-state index contributed by atoms with van der Waals surface area (Å²) in [4.78, 5) is 2.47. The van der Waals surface area contributed by atoms with Crippen LogP contribution >= 0.6 is 0 Å². The van der Waals surface area contributed by atoms with Crippen LogP contribution in [0.3, 0.4) is 0 Å². The fraction of sp³-hybridized carbons (Fsp3) is 0.600. The average Bonchev–Trinajstić information content (AvgIpc) is 2.74. The summed E-state index contributed by atoms with van der Waals surface area (Å²) in [6, 6.07) is 10.8. The molecule has 1 fully saturated rings. The zero-order valence-corrected chi connectivity index (χ0v) is 11.1. The first-order valence-corrected chi connectivity index (χ1v) is 6.61. The van der Waals surface area contributed by atoms with Gasteiger partial charge in [0, 0.05) is 19.6 Å². The highest BCUT2D eigenvalue weighted by Crippen LogP contribution is 2.25. The second kappa shape index (κ2) is 5.65. The minimum absolute atomic E-state index is 0.478. The Morgan fingerprint density at radius 3 is 2.71 bits per heavy atom. The van der Waals surface area contributed by atoms with E-state index in [0.29, 0.717) is 5.41 Å². The lowest BCUT2D eigenvalue weighted by molar-refractivity contribution is 0.211. The van der Waals surface area contributed by atoms with E-state index in [4.69, 9.17) is 0 Å². The van der Waals surface area contributed by atoms with Crippen LogP contribution < -0.4 is 5.32 Å². The van der Waals surface area contributed by atoms with Crippen molar-refractivity contribution < 1.29 is 0 Å². The van der Waals surface area contributed by atoms with Crippen LogP contribution in [0.1, 0.15) is 18.9 Å². The molecule has 1 N–H and O–H groups in total. The Morgan fingerprint density at radius 1 is 1.29 bits per heavy atom. The Labute approximate surface area is 105 Å². The van der Waals surface area contributed by atoms with E-state index >= 15 is 0 Å². The Bertz CT molecular complexity index is 328. The highest BCUT2D eigenvalue weighted by Gasteiger charge is 2.29. The molecule has 0 aliphatic carbocycles.